The predicted octanol–water partition coefficient (Wildman–Crippen LogP) is 0.798. The highest BCUT2D eigenvalue weighted by atomic mass is 32.2. The highest BCUT2D eigenvalue weighted by molar-refractivity contribution is 7.89. The summed E-state index contributed by atoms with van der Waals surface area (Å²) in [5, 5.41) is 2.42. The molecule has 0 aromatic heterocycles. The van der Waals surface area contributed by atoms with Gasteiger partial charge in [-0.05, 0) is 32.9 Å². The molecule has 0 spiro atoms. The van der Waals surface area contributed by atoms with Crippen molar-refractivity contribution in [2.45, 2.75) is 31.2 Å². The Morgan fingerprint density at radius 1 is 1.17 bits per heavy atom. The number of hydrogen-bond acceptors (Lipinski definition) is 3. The Bertz CT molecular complexity index is 533. The van der Waals surface area contributed by atoms with E-state index in [4.69, 9.17) is 0 Å². The van der Waals surface area contributed by atoms with Crippen molar-refractivity contribution in [1.82, 2.24) is 10.0 Å². The number of sulfonamides is 1. The molecule has 2 N–H and O–H groups in total. The number of benzene rings is 1. The zero-order chi connectivity index (χ0) is 14.0. The van der Waals surface area contributed by atoms with Gasteiger partial charge >= 0.3 is 0 Å². The lowest BCUT2D eigenvalue weighted by molar-refractivity contribution is -0.125. The molecule has 1 rings (SSSR count). The topological polar surface area (TPSA) is 75.3 Å². The van der Waals surface area contributed by atoms with Crippen molar-refractivity contribution in [3.8, 4) is 0 Å². The molecule has 1 amide bonds. The van der Waals surface area contributed by atoms with E-state index >= 15 is 0 Å². The van der Waals surface area contributed by atoms with Gasteiger partial charge in [0.05, 0.1) is 4.90 Å². The van der Waals surface area contributed by atoms with E-state index in [1.807, 2.05) is 6.92 Å². The summed E-state index contributed by atoms with van der Waals surface area (Å²) < 4.78 is 26.6. The normalized spacial score (nSPS) is 12.2. The predicted molar refractivity (Wildman–Crippen MR) is 69.6 cm³/mol. The fourth-order valence-corrected chi connectivity index (χ4v) is 2.85. The first kappa shape index (κ1) is 14.7. The average Bonchev–Trinajstić information content (AvgIpc) is 2.27. The van der Waals surface area contributed by atoms with Crippen molar-refractivity contribution in [2.75, 3.05) is 7.05 Å². The van der Waals surface area contributed by atoms with Crippen molar-refractivity contribution >= 4 is 15.9 Å². The van der Waals surface area contributed by atoms with E-state index in [0.717, 1.165) is 5.56 Å². The number of carbonyl (C=O) groups is 1. The van der Waals surface area contributed by atoms with Gasteiger partial charge in [-0.25, -0.2) is 8.42 Å². The van der Waals surface area contributed by atoms with Crippen LogP contribution >= 0.6 is 0 Å². The molecule has 0 aliphatic heterocycles. The van der Waals surface area contributed by atoms with Crippen molar-refractivity contribution in [3.63, 3.8) is 0 Å². The molecule has 0 radical (unpaired) electrons. The Kier molecular flexibility index (Phi) is 4.13. The average molecular weight is 270 g/mol. The number of nitrogens with one attached hydrogen (secondary N) is 2. The van der Waals surface area contributed by atoms with Gasteiger partial charge < -0.3 is 5.32 Å². The molecular weight excluding hydrogens is 252 g/mol. The van der Waals surface area contributed by atoms with Gasteiger partial charge in [0, 0.05) is 7.05 Å². The van der Waals surface area contributed by atoms with Crippen LogP contribution in [0.5, 0.6) is 0 Å². The summed E-state index contributed by atoms with van der Waals surface area (Å²) in [6.45, 7) is 4.90. The Morgan fingerprint density at radius 3 is 2.11 bits per heavy atom. The molecule has 6 heteroatoms. The Balaban J connectivity index is 3.02. The van der Waals surface area contributed by atoms with E-state index in [0.29, 0.717) is 0 Å². The number of likely N-dealkylation sites (N-methyl/N-ethyl adjacent to an activating group) is 1. The third kappa shape index (κ3) is 3.30. The summed E-state index contributed by atoms with van der Waals surface area (Å²) >= 11 is 0. The molecule has 1 aromatic carbocycles. The summed E-state index contributed by atoms with van der Waals surface area (Å²) in [7, 11) is -2.24. The second kappa shape index (κ2) is 5.07. The second-order valence-electron chi connectivity index (χ2n) is 4.62. The molecular formula is C12H18N2O3S. The van der Waals surface area contributed by atoms with E-state index in [-0.39, 0.29) is 4.90 Å². The second-order valence-corrected chi connectivity index (χ2v) is 6.31. The minimum atomic E-state index is -3.70. The van der Waals surface area contributed by atoms with Crippen LogP contribution in [0.15, 0.2) is 29.2 Å². The summed E-state index contributed by atoms with van der Waals surface area (Å²) in [5.74, 6) is -0.391. The minimum Gasteiger partial charge on any atom is -0.358 e. The van der Waals surface area contributed by atoms with Crippen molar-refractivity contribution < 1.29 is 13.2 Å². The lowest BCUT2D eigenvalue weighted by atomic mass is 10.1. The zero-order valence-corrected chi connectivity index (χ0v) is 11.8. The summed E-state index contributed by atoms with van der Waals surface area (Å²) in [5.41, 5.74) is -0.224. The number of rotatable bonds is 4. The lowest BCUT2D eigenvalue weighted by Gasteiger charge is -2.23. The number of amides is 1. The molecule has 0 atom stereocenters. The monoisotopic (exact) mass is 270 g/mol. The molecule has 0 aliphatic rings. The van der Waals surface area contributed by atoms with Crippen LogP contribution in [0.3, 0.4) is 0 Å². The van der Waals surface area contributed by atoms with E-state index < -0.39 is 21.5 Å². The maximum Gasteiger partial charge on any atom is 0.241 e. The first-order chi connectivity index (χ1) is 8.19. The molecule has 0 saturated carbocycles. The SMILES string of the molecule is CNC(=O)C(C)(C)NS(=O)(=O)c1ccc(C)cc1. The van der Waals surface area contributed by atoms with Gasteiger partial charge in [0.2, 0.25) is 15.9 Å². The standard InChI is InChI=1S/C12H18N2O3S/c1-9-5-7-10(8-6-9)18(16,17)14-12(2,3)11(15)13-4/h5-8,14H,1-4H3,(H,13,15). The molecule has 5 nitrogen and oxygen atoms in total. The Morgan fingerprint density at radius 2 is 1.67 bits per heavy atom. The van der Waals surface area contributed by atoms with Crippen LogP contribution in [0.2, 0.25) is 0 Å². The van der Waals surface area contributed by atoms with Crippen LogP contribution < -0.4 is 10.0 Å². The van der Waals surface area contributed by atoms with Crippen molar-refractivity contribution in [3.05, 3.63) is 29.8 Å². The molecule has 1 aromatic rings. The fourth-order valence-electron chi connectivity index (χ4n) is 1.47. The van der Waals surface area contributed by atoms with E-state index in [2.05, 4.69) is 10.0 Å². The Labute approximate surface area is 108 Å². The van der Waals surface area contributed by atoms with Crippen LogP contribution in [0.4, 0.5) is 0 Å². The summed E-state index contributed by atoms with van der Waals surface area (Å²) in [6.07, 6.45) is 0. The van der Waals surface area contributed by atoms with Crippen molar-refractivity contribution in [2.24, 2.45) is 0 Å². The highest BCUT2D eigenvalue weighted by Gasteiger charge is 2.32. The van der Waals surface area contributed by atoms with Crippen molar-refractivity contribution in [1.29, 1.82) is 0 Å². The first-order valence-corrected chi connectivity index (χ1v) is 7.00. The van der Waals surface area contributed by atoms with Crippen LogP contribution in [0, 0.1) is 6.92 Å². The zero-order valence-electron chi connectivity index (χ0n) is 10.9. The number of hydrogen-bond donors (Lipinski definition) is 2. The van der Waals surface area contributed by atoms with Gasteiger partial charge in [0.25, 0.3) is 0 Å². The largest absolute Gasteiger partial charge is 0.358 e. The molecule has 0 saturated heterocycles. The molecule has 0 aliphatic carbocycles. The van der Waals surface area contributed by atoms with Gasteiger partial charge in [-0.3, -0.25) is 4.79 Å². The maximum absolute atomic E-state index is 12.1. The highest BCUT2D eigenvalue weighted by Crippen LogP contribution is 2.14. The molecule has 0 fully saturated rings. The van der Waals surface area contributed by atoms with Gasteiger partial charge in [0.15, 0.2) is 0 Å². The number of carbonyl (C=O) groups excluding carboxylic acids is 1. The lowest BCUT2D eigenvalue weighted by Crippen LogP contribution is -2.53. The van der Waals surface area contributed by atoms with Gasteiger partial charge in [-0.2, -0.15) is 4.72 Å². The van der Waals surface area contributed by atoms with E-state index in [9.17, 15) is 13.2 Å². The third-order valence-electron chi connectivity index (χ3n) is 2.52. The Hall–Kier alpha value is -1.40. The van der Waals surface area contributed by atoms with Gasteiger partial charge in [-0.15, -0.1) is 0 Å². The van der Waals surface area contributed by atoms with Crippen LogP contribution in [0.1, 0.15) is 19.4 Å². The van der Waals surface area contributed by atoms with Crippen LogP contribution in [-0.2, 0) is 14.8 Å². The number of aryl methyl sites for hydroxylation is 1. The minimum absolute atomic E-state index is 0.144. The smallest absolute Gasteiger partial charge is 0.241 e. The molecule has 0 bridgehead atoms. The molecule has 0 unspecified atom stereocenters. The van der Waals surface area contributed by atoms with Crippen LogP contribution in [-0.4, -0.2) is 26.9 Å². The molecule has 18 heavy (non-hydrogen) atoms. The van der Waals surface area contributed by atoms with E-state index in [1.165, 1.54) is 33.0 Å². The summed E-state index contributed by atoms with van der Waals surface area (Å²) in [4.78, 5) is 11.7. The van der Waals surface area contributed by atoms with E-state index in [1.54, 1.807) is 12.1 Å². The summed E-state index contributed by atoms with van der Waals surface area (Å²) in [6, 6.07) is 6.44. The molecule has 100 valence electrons. The van der Waals surface area contributed by atoms with Gasteiger partial charge in [0.1, 0.15) is 5.54 Å². The third-order valence-corrected chi connectivity index (χ3v) is 4.19. The quantitative estimate of drug-likeness (QED) is 0.849. The maximum atomic E-state index is 12.1. The molecule has 0 heterocycles. The van der Waals surface area contributed by atoms with Crippen LogP contribution in [0.25, 0.3) is 0 Å². The van der Waals surface area contributed by atoms with Gasteiger partial charge in [-0.1, -0.05) is 17.7 Å². The first-order valence-electron chi connectivity index (χ1n) is 5.52. The fraction of sp³-hybridized carbons (Fsp3) is 0.417.